The zero-order valence-electron chi connectivity index (χ0n) is 13.2. The molecule has 0 aliphatic rings. The lowest BCUT2D eigenvalue weighted by Gasteiger charge is -2.24. The summed E-state index contributed by atoms with van der Waals surface area (Å²) in [6.07, 6.45) is 3.89. The van der Waals surface area contributed by atoms with Crippen LogP contribution in [0.15, 0.2) is 49.6 Å². The van der Waals surface area contributed by atoms with E-state index >= 15 is 0 Å². The molecule has 2 heteroatoms. The SMILES string of the molecule is C=CCN(CC=C)Cc1ccccc1CNC(C)(C)C. The molecule has 0 aromatic heterocycles. The van der Waals surface area contributed by atoms with Gasteiger partial charge < -0.3 is 5.32 Å². The normalized spacial score (nSPS) is 11.6. The van der Waals surface area contributed by atoms with Crippen LogP contribution < -0.4 is 5.32 Å². The smallest absolute Gasteiger partial charge is 0.0243 e. The molecule has 0 spiro atoms. The first-order valence-electron chi connectivity index (χ1n) is 7.22. The molecule has 0 fully saturated rings. The van der Waals surface area contributed by atoms with E-state index in [4.69, 9.17) is 0 Å². The molecular formula is C18H28N2. The van der Waals surface area contributed by atoms with Crippen LogP contribution in [0.3, 0.4) is 0 Å². The molecule has 1 aromatic carbocycles. The van der Waals surface area contributed by atoms with Crippen molar-refractivity contribution < 1.29 is 0 Å². The Morgan fingerprint density at radius 2 is 1.60 bits per heavy atom. The lowest BCUT2D eigenvalue weighted by molar-refractivity contribution is 0.325. The van der Waals surface area contributed by atoms with Gasteiger partial charge in [0.15, 0.2) is 0 Å². The molecule has 1 aromatic rings. The number of nitrogens with zero attached hydrogens (tertiary/aromatic N) is 1. The Hall–Kier alpha value is -1.38. The summed E-state index contributed by atoms with van der Waals surface area (Å²) in [5, 5.41) is 3.56. The number of nitrogens with one attached hydrogen (secondary N) is 1. The molecule has 0 unspecified atom stereocenters. The van der Waals surface area contributed by atoms with Crippen LogP contribution in [0.2, 0.25) is 0 Å². The van der Waals surface area contributed by atoms with Gasteiger partial charge in [-0.2, -0.15) is 0 Å². The number of hydrogen-bond donors (Lipinski definition) is 1. The van der Waals surface area contributed by atoms with E-state index in [1.54, 1.807) is 0 Å². The summed E-state index contributed by atoms with van der Waals surface area (Å²) in [7, 11) is 0. The summed E-state index contributed by atoms with van der Waals surface area (Å²) in [6.45, 7) is 17.8. The van der Waals surface area contributed by atoms with E-state index < -0.39 is 0 Å². The minimum atomic E-state index is 0.134. The predicted octanol–water partition coefficient (Wildman–Crippen LogP) is 3.75. The third-order valence-corrected chi connectivity index (χ3v) is 3.10. The molecule has 0 saturated heterocycles. The minimum Gasteiger partial charge on any atom is -0.308 e. The fraction of sp³-hybridized carbons (Fsp3) is 0.444. The average molecular weight is 272 g/mol. The van der Waals surface area contributed by atoms with Crippen molar-refractivity contribution in [3.05, 3.63) is 60.7 Å². The Kier molecular flexibility index (Phi) is 6.69. The van der Waals surface area contributed by atoms with Gasteiger partial charge in [-0.25, -0.2) is 0 Å². The number of rotatable bonds is 8. The maximum atomic E-state index is 3.83. The topological polar surface area (TPSA) is 15.3 Å². The second kappa shape index (κ2) is 8.03. The Balaban J connectivity index is 2.77. The van der Waals surface area contributed by atoms with Crippen LogP contribution in [0.5, 0.6) is 0 Å². The third kappa shape index (κ3) is 6.18. The van der Waals surface area contributed by atoms with Crippen LogP contribution in [0, 0.1) is 0 Å². The first-order valence-corrected chi connectivity index (χ1v) is 7.22. The zero-order valence-corrected chi connectivity index (χ0v) is 13.2. The summed E-state index contributed by atoms with van der Waals surface area (Å²) in [6, 6.07) is 8.62. The van der Waals surface area contributed by atoms with Crippen molar-refractivity contribution in [1.29, 1.82) is 0 Å². The summed E-state index contributed by atoms with van der Waals surface area (Å²) in [5.41, 5.74) is 2.86. The lowest BCUT2D eigenvalue weighted by Crippen LogP contribution is -2.35. The predicted molar refractivity (Wildman–Crippen MR) is 88.7 cm³/mol. The van der Waals surface area contributed by atoms with Gasteiger partial charge in [0.25, 0.3) is 0 Å². The molecule has 1 rings (SSSR count). The van der Waals surface area contributed by atoms with Crippen LogP contribution in [0.1, 0.15) is 31.9 Å². The summed E-state index contributed by atoms with van der Waals surface area (Å²) in [4.78, 5) is 2.33. The van der Waals surface area contributed by atoms with Gasteiger partial charge in [0, 0.05) is 31.7 Å². The Bertz CT molecular complexity index is 419. The monoisotopic (exact) mass is 272 g/mol. The van der Waals surface area contributed by atoms with Crippen molar-refractivity contribution in [2.45, 2.75) is 39.4 Å². The summed E-state index contributed by atoms with van der Waals surface area (Å²) < 4.78 is 0. The second-order valence-electron chi connectivity index (χ2n) is 6.14. The molecule has 0 aliphatic heterocycles. The van der Waals surface area contributed by atoms with E-state index in [-0.39, 0.29) is 5.54 Å². The summed E-state index contributed by atoms with van der Waals surface area (Å²) >= 11 is 0. The maximum absolute atomic E-state index is 3.83. The number of benzene rings is 1. The molecule has 0 amide bonds. The molecule has 20 heavy (non-hydrogen) atoms. The zero-order chi connectivity index (χ0) is 15.0. The van der Waals surface area contributed by atoms with E-state index in [0.717, 1.165) is 26.2 Å². The highest BCUT2D eigenvalue weighted by atomic mass is 15.1. The maximum Gasteiger partial charge on any atom is 0.0243 e. The minimum absolute atomic E-state index is 0.134. The quantitative estimate of drug-likeness (QED) is 0.725. The van der Waals surface area contributed by atoms with Crippen molar-refractivity contribution in [1.82, 2.24) is 10.2 Å². The molecule has 0 atom stereocenters. The van der Waals surface area contributed by atoms with Gasteiger partial charge in [0.1, 0.15) is 0 Å². The molecule has 0 radical (unpaired) electrons. The molecule has 0 heterocycles. The van der Waals surface area contributed by atoms with Gasteiger partial charge in [-0.05, 0) is 31.9 Å². The van der Waals surface area contributed by atoms with Gasteiger partial charge in [-0.3, -0.25) is 4.90 Å². The number of hydrogen-bond acceptors (Lipinski definition) is 2. The molecule has 2 nitrogen and oxygen atoms in total. The van der Waals surface area contributed by atoms with Crippen molar-refractivity contribution in [2.75, 3.05) is 13.1 Å². The van der Waals surface area contributed by atoms with Crippen molar-refractivity contribution in [2.24, 2.45) is 0 Å². The Morgan fingerprint density at radius 1 is 1.05 bits per heavy atom. The van der Waals surface area contributed by atoms with Crippen LogP contribution in [0.4, 0.5) is 0 Å². The van der Waals surface area contributed by atoms with Crippen molar-refractivity contribution in [3.8, 4) is 0 Å². The van der Waals surface area contributed by atoms with Crippen LogP contribution >= 0.6 is 0 Å². The molecule has 110 valence electrons. The molecule has 0 bridgehead atoms. The average Bonchev–Trinajstić information content (AvgIpc) is 2.37. The fourth-order valence-electron chi connectivity index (χ4n) is 2.05. The lowest BCUT2D eigenvalue weighted by atomic mass is 10.0. The van der Waals surface area contributed by atoms with Crippen LogP contribution in [-0.4, -0.2) is 23.5 Å². The molecule has 0 saturated carbocycles. The molecular weight excluding hydrogens is 244 g/mol. The Labute approximate surface area is 124 Å². The highest BCUT2D eigenvalue weighted by Crippen LogP contribution is 2.13. The first-order chi connectivity index (χ1) is 9.46. The van der Waals surface area contributed by atoms with E-state index in [9.17, 15) is 0 Å². The van der Waals surface area contributed by atoms with Crippen molar-refractivity contribution >= 4 is 0 Å². The van der Waals surface area contributed by atoms with Crippen molar-refractivity contribution in [3.63, 3.8) is 0 Å². The summed E-state index contributed by atoms with van der Waals surface area (Å²) in [5.74, 6) is 0. The van der Waals surface area contributed by atoms with Crippen LogP contribution in [-0.2, 0) is 13.1 Å². The van der Waals surface area contributed by atoms with E-state index in [1.165, 1.54) is 11.1 Å². The van der Waals surface area contributed by atoms with Gasteiger partial charge in [-0.15, -0.1) is 13.2 Å². The van der Waals surface area contributed by atoms with Gasteiger partial charge >= 0.3 is 0 Å². The highest BCUT2D eigenvalue weighted by Gasteiger charge is 2.11. The molecule has 1 N–H and O–H groups in total. The van der Waals surface area contributed by atoms with E-state index in [0.29, 0.717) is 0 Å². The van der Waals surface area contributed by atoms with Crippen LogP contribution in [0.25, 0.3) is 0 Å². The second-order valence-corrected chi connectivity index (χ2v) is 6.14. The van der Waals surface area contributed by atoms with Gasteiger partial charge in [0.05, 0.1) is 0 Å². The van der Waals surface area contributed by atoms with Gasteiger partial charge in [0.2, 0.25) is 0 Å². The first kappa shape index (κ1) is 16.7. The fourth-order valence-corrected chi connectivity index (χ4v) is 2.05. The third-order valence-electron chi connectivity index (χ3n) is 3.10. The highest BCUT2D eigenvalue weighted by molar-refractivity contribution is 5.27. The Morgan fingerprint density at radius 3 is 2.10 bits per heavy atom. The van der Waals surface area contributed by atoms with Gasteiger partial charge in [-0.1, -0.05) is 36.4 Å². The van der Waals surface area contributed by atoms with E-state index in [1.807, 2.05) is 12.2 Å². The largest absolute Gasteiger partial charge is 0.308 e. The van der Waals surface area contributed by atoms with E-state index in [2.05, 4.69) is 68.4 Å². The standard InChI is InChI=1S/C18H28N2/c1-6-12-20(13-7-2)15-17-11-9-8-10-16(17)14-19-18(3,4)5/h6-11,19H,1-2,12-15H2,3-5H3. The molecule has 0 aliphatic carbocycles.